The van der Waals surface area contributed by atoms with Crippen molar-refractivity contribution >= 4 is 22.6 Å². The summed E-state index contributed by atoms with van der Waals surface area (Å²) in [7, 11) is 5.03. The summed E-state index contributed by atoms with van der Waals surface area (Å²) < 4.78 is 16.4. The highest BCUT2D eigenvalue weighted by molar-refractivity contribution is 5.93. The zero-order valence-corrected chi connectivity index (χ0v) is 16.0. The molecule has 142 valence electrons. The number of ether oxygens (including phenoxy) is 2. The number of carbonyl (C=O) groups excluding carboxylic acids is 1. The van der Waals surface area contributed by atoms with E-state index in [1.165, 1.54) is 0 Å². The third-order valence-corrected chi connectivity index (χ3v) is 4.59. The summed E-state index contributed by atoms with van der Waals surface area (Å²) in [5.74, 6) is 1.91. The van der Waals surface area contributed by atoms with Crippen molar-refractivity contribution in [3.63, 3.8) is 0 Å². The summed E-state index contributed by atoms with van der Waals surface area (Å²) in [4.78, 5) is 14.4. The molecule has 0 bridgehead atoms. The SMILES string of the molecule is COc1ccc(NC(=O)CN(C)C(C)c2cc3ccccc3o2)c(OC)c1. The number of hydrogen-bond acceptors (Lipinski definition) is 5. The van der Waals surface area contributed by atoms with E-state index < -0.39 is 0 Å². The zero-order valence-electron chi connectivity index (χ0n) is 16.0. The van der Waals surface area contributed by atoms with Crippen LogP contribution in [0.15, 0.2) is 52.9 Å². The second kappa shape index (κ2) is 8.14. The number of fused-ring (bicyclic) bond motifs is 1. The van der Waals surface area contributed by atoms with Crippen molar-refractivity contribution in [2.45, 2.75) is 13.0 Å². The Balaban J connectivity index is 1.66. The predicted octanol–water partition coefficient (Wildman–Crippen LogP) is 4.08. The van der Waals surface area contributed by atoms with Crippen molar-refractivity contribution in [2.75, 3.05) is 33.1 Å². The predicted molar refractivity (Wildman–Crippen MR) is 105 cm³/mol. The Labute approximate surface area is 158 Å². The molecule has 0 spiro atoms. The molecule has 0 radical (unpaired) electrons. The molecule has 2 aromatic carbocycles. The van der Waals surface area contributed by atoms with E-state index >= 15 is 0 Å². The Morgan fingerprint density at radius 1 is 1.15 bits per heavy atom. The lowest BCUT2D eigenvalue weighted by atomic mass is 10.2. The first-order chi connectivity index (χ1) is 13.0. The summed E-state index contributed by atoms with van der Waals surface area (Å²) in [5, 5.41) is 3.94. The molecule has 0 saturated carbocycles. The molecule has 1 N–H and O–H groups in total. The highest BCUT2D eigenvalue weighted by Crippen LogP contribution is 2.29. The molecule has 1 unspecified atom stereocenters. The highest BCUT2D eigenvalue weighted by atomic mass is 16.5. The van der Waals surface area contributed by atoms with Crippen LogP contribution in [0.2, 0.25) is 0 Å². The normalized spacial score (nSPS) is 12.2. The van der Waals surface area contributed by atoms with E-state index in [1.807, 2.05) is 49.2 Å². The maximum atomic E-state index is 12.5. The van der Waals surface area contributed by atoms with Crippen LogP contribution in [-0.4, -0.2) is 38.6 Å². The molecular weight excluding hydrogens is 344 g/mol. The van der Waals surface area contributed by atoms with E-state index in [4.69, 9.17) is 13.9 Å². The molecule has 1 amide bonds. The highest BCUT2D eigenvalue weighted by Gasteiger charge is 2.19. The second-order valence-electron chi connectivity index (χ2n) is 6.39. The molecule has 1 heterocycles. The number of rotatable bonds is 7. The lowest BCUT2D eigenvalue weighted by molar-refractivity contribution is -0.117. The van der Waals surface area contributed by atoms with E-state index in [0.29, 0.717) is 17.2 Å². The maximum absolute atomic E-state index is 12.5. The van der Waals surface area contributed by atoms with Crippen LogP contribution in [0.4, 0.5) is 5.69 Å². The minimum Gasteiger partial charge on any atom is -0.497 e. The third-order valence-electron chi connectivity index (χ3n) is 4.59. The van der Waals surface area contributed by atoms with Crippen molar-refractivity contribution < 1.29 is 18.7 Å². The molecule has 3 rings (SSSR count). The summed E-state index contributed by atoms with van der Waals surface area (Å²) in [6, 6.07) is 15.1. The van der Waals surface area contributed by atoms with Crippen molar-refractivity contribution in [1.29, 1.82) is 0 Å². The smallest absolute Gasteiger partial charge is 0.238 e. The molecule has 0 aliphatic carbocycles. The van der Waals surface area contributed by atoms with Crippen LogP contribution in [-0.2, 0) is 4.79 Å². The van der Waals surface area contributed by atoms with Crippen molar-refractivity contribution in [3.8, 4) is 11.5 Å². The molecule has 6 nitrogen and oxygen atoms in total. The Bertz CT molecular complexity index is 902. The number of carbonyl (C=O) groups is 1. The average Bonchev–Trinajstić information content (AvgIpc) is 3.11. The fraction of sp³-hybridized carbons (Fsp3) is 0.286. The average molecular weight is 368 g/mol. The van der Waals surface area contributed by atoms with Gasteiger partial charge in [0.2, 0.25) is 5.91 Å². The first-order valence-corrected chi connectivity index (χ1v) is 8.72. The van der Waals surface area contributed by atoms with Gasteiger partial charge in [-0.1, -0.05) is 18.2 Å². The zero-order chi connectivity index (χ0) is 19.4. The number of nitrogens with one attached hydrogen (secondary N) is 1. The van der Waals surface area contributed by atoms with E-state index in [9.17, 15) is 4.79 Å². The fourth-order valence-corrected chi connectivity index (χ4v) is 2.88. The first kappa shape index (κ1) is 18.8. The lowest BCUT2D eigenvalue weighted by Crippen LogP contribution is -2.32. The molecule has 1 atom stereocenters. The maximum Gasteiger partial charge on any atom is 0.238 e. The molecule has 0 aliphatic rings. The minimum absolute atomic E-state index is 0.0408. The van der Waals surface area contributed by atoms with Gasteiger partial charge in [0.15, 0.2) is 0 Å². The van der Waals surface area contributed by atoms with E-state index in [-0.39, 0.29) is 18.5 Å². The van der Waals surface area contributed by atoms with Crippen molar-refractivity contribution in [1.82, 2.24) is 4.90 Å². The standard InChI is InChI=1S/C21H24N2O4/c1-14(19-11-15-7-5-6-8-18(15)27-19)23(2)13-21(24)22-17-10-9-16(25-3)12-20(17)26-4/h5-12,14H,13H2,1-4H3,(H,22,24). The lowest BCUT2D eigenvalue weighted by Gasteiger charge is -2.22. The van der Waals surface area contributed by atoms with Crippen LogP contribution in [0.3, 0.4) is 0 Å². The van der Waals surface area contributed by atoms with Gasteiger partial charge >= 0.3 is 0 Å². The van der Waals surface area contributed by atoms with E-state index in [2.05, 4.69) is 5.32 Å². The Hall–Kier alpha value is -2.99. The van der Waals surface area contributed by atoms with Gasteiger partial charge in [0.1, 0.15) is 22.8 Å². The number of amides is 1. The number of hydrogen-bond donors (Lipinski definition) is 1. The fourth-order valence-electron chi connectivity index (χ4n) is 2.88. The van der Waals surface area contributed by atoms with Crippen LogP contribution >= 0.6 is 0 Å². The molecule has 3 aromatic rings. The van der Waals surface area contributed by atoms with Crippen LogP contribution < -0.4 is 14.8 Å². The number of benzene rings is 2. The summed E-state index contributed by atoms with van der Waals surface area (Å²) in [6.07, 6.45) is 0. The van der Waals surface area contributed by atoms with Crippen molar-refractivity contribution in [3.05, 3.63) is 54.3 Å². The Kier molecular flexibility index (Phi) is 5.66. The first-order valence-electron chi connectivity index (χ1n) is 8.72. The van der Waals surface area contributed by atoms with E-state index in [0.717, 1.165) is 16.7 Å². The molecule has 27 heavy (non-hydrogen) atoms. The Morgan fingerprint density at radius 3 is 2.63 bits per heavy atom. The second-order valence-corrected chi connectivity index (χ2v) is 6.39. The summed E-state index contributed by atoms with van der Waals surface area (Å²) in [5.41, 5.74) is 1.45. The van der Waals surface area contributed by atoms with Gasteiger partial charge in [-0.15, -0.1) is 0 Å². The molecule has 1 aromatic heterocycles. The van der Waals surface area contributed by atoms with Crippen LogP contribution in [0.1, 0.15) is 18.7 Å². The van der Waals surface area contributed by atoms with Gasteiger partial charge in [-0.3, -0.25) is 9.69 Å². The third kappa shape index (κ3) is 4.23. The molecule has 0 aliphatic heterocycles. The minimum atomic E-state index is -0.135. The molecular formula is C21H24N2O4. The van der Waals surface area contributed by atoms with Gasteiger partial charge in [-0.2, -0.15) is 0 Å². The number of nitrogens with zero attached hydrogens (tertiary/aromatic N) is 1. The van der Waals surface area contributed by atoms with Gasteiger partial charge in [0.25, 0.3) is 0 Å². The molecule has 0 fully saturated rings. The number of furan rings is 1. The molecule has 0 saturated heterocycles. The Morgan fingerprint density at radius 2 is 1.93 bits per heavy atom. The van der Waals surface area contributed by atoms with Gasteiger partial charge in [0, 0.05) is 11.5 Å². The molecule has 6 heteroatoms. The quantitative estimate of drug-likeness (QED) is 0.681. The van der Waals surface area contributed by atoms with Crippen LogP contribution in [0, 0.1) is 0 Å². The summed E-state index contributed by atoms with van der Waals surface area (Å²) >= 11 is 0. The number of anilines is 1. The van der Waals surface area contributed by atoms with Crippen LogP contribution in [0.25, 0.3) is 11.0 Å². The topological polar surface area (TPSA) is 63.9 Å². The number of para-hydroxylation sites is 1. The van der Waals surface area contributed by atoms with Gasteiger partial charge in [-0.25, -0.2) is 0 Å². The van der Waals surface area contributed by atoms with Crippen molar-refractivity contribution in [2.24, 2.45) is 0 Å². The monoisotopic (exact) mass is 368 g/mol. The summed E-state index contributed by atoms with van der Waals surface area (Å²) in [6.45, 7) is 2.23. The van der Waals surface area contributed by atoms with Crippen LogP contribution in [0.5, 0.6) is 11.5 Å². The van der Waals surface area contributed by atoms with E-state index in [1.54, 1.807) is 32.4 Å². The van der Waals surface area contributed by atoms with Gasteiger partial charge < -0.3 is 19.2 Å². The van der Waals surface area contributed by atoms with Gasteiger partial charge in [-0.05, 0) is 38.2 Å². The number of likely N-dealkylation sites (N-methyl/N-ethyl adjacent to an activating group) is 1. The van der Waals surface area contributed by atoms with Gasteiger partial charge in [0.05, 0.1) is 32.5 Å². The number of methoxy groups -OCH3 is 2. The largest absolute Gasteiger partial charge is 0.497 e.